The summed E-state index contributed by atoms with van der Waals surface area (Å²) >= 11 is 0. The van der Waals surface area contributed by atoms with Crippen molar-refractivity contribution in [2.75, 3.05) is 0 Å². The molecule has 1 aromatic carbocycles. The van der Waals surface area contributed by atoms with E-state index in [-0.39, 0.29) is 5.97 Å². The summed E-state index contributed by atoms with van der Waals surface area (Å²) in [6, 6.07) is 9.99. The van der Waals surface area contributed by atoms with E-state index in [1.807, 2.05) is 70.2 Å². The van der Waals surface area contributed by atoms with Crippen molar-refractivity contribution in [3.63, 3.8) is 0 Å². The highest BCUT2D eigenvalue weighted by atomic mass is 16.6. The Morgan fingerprint density at radius 2 is 1.68 bits per heavy atom. The van der Waals surface area contributed by atoms with Gasteiger partial charge >= 0.3 is 5.97 Å². The number of esters is 1. The van der Waals surface area contributed by atoms with Gasteiger partial charge in [0.25, 0.3) is 0 Å². The Kier molecular flexibility index (Phi) is 5.11. The topological polar surface area (TPSA) is 26.3 Å². The first-order chi connectivity index (χ1) is 8.79. The summed E-state index contributed by atoms with van der Waals surface area (Å²) in [5.74, 6) is -0.261. The summed E-state index contributed by atoms with van der Waals surface area (Å²) in [6.07, 6.45) is 3.93. The van der Waals surface area contributed by atoms with Crippen molar-refractivity contribution in [1.29, 1.82) is 0 Å². The minimum atomic E-state index is -0.457. The van der Waals surface area contributed by atoms with Gasteiger partial charge in [-0.25, -0.2) is 4.79 Å². The molecule has 0 aliphatic rings. The average Bonchev–Trinajstić information content (AvgIpc) is 2.34. The molecule has 1 rings (SSSR count). The third kappa shape index (κ3) is 5.56. The van der Waals surface area contributed by atoms with Crippen molar-refractivity contribution in [1.82, 2.24) is 0 Å². The number of hydrogen-bond donors (Lipinski definition) is 0. The second-order valence-electron chi connectivity index (χ2n) is 5.55. The summed E-state index contributed by atoms with van der Waals surface area (Å²) < 4.78 is 5.34. The molecule has 0 saturated heterocycles. The molecule has 2 nitrogen and oxygen atoms in total. The van der Waals surface area contributed by atoms with Crippen LogP contribution < -0.4 is 0 Å². The Labute approximate surface area is 115 Å². The van der Waals surface area contributed by atoms with E-state index in [1.54, 1.807) is 6.92 Å². The monoisotopic (exact) mass is 258 g/mol. The first-order valence-electron chi connectivity index (χ1n) is 6.43. The number of ether oxygens (including phenoxy) is 1. The number of allylic oxidation sites excluding steroid dienone is 2. The highest BCUT2D eigenvalue weighted by molar-refractivity contribution is 5.89. The van der Waals surface area contributed by atoms with Crippen molar-refractivity contribution in [3.8, 4) is 0 Å². The molecule has 19 heavy (non-hydrogen) atoms. The van der Waals surface area contributed by atoms with Crippen LogP contribution in [-0.2, 0) is 9.53 Å². The molecule has 0 fully saturated rings. The van der Waals surface area contributed by atoms with E-state index in [2.05, 4.69) is 0 Å². The lowest BCUT2D eigenvalue weighted by atomic mass is 10.1. The lowest BCUT2D eigenvalue weighted by Gasteiger charge is -2.20. The molecule has 2 heteroatoms. The molecule has 0 unspecified atom stereocenters. The van der Waals surface area contributed by atoms with Gasteiger partial charge in [0, 0.05) is 5.57 Å². The Morgan fingerprint density at radius 3 is 2.21 bits per heavy atom. The quantitative estimate of drug-likeness (QED) is 0.457. The van der Waals surface area contributed by atoms with Gasteiger partial charge in [0.05, 0.1) is 0 Å². The fourth-order valence-corrected chi connectivity index (χ4v) is 1.43. The molecule has 1 aromatic rings. The van der Waals surface area contributed by atoms with Crippen LogP contribution in [0.5, 0.6) is 0 Å². The first-order valence-corrected chi connectivity index (χ1v) is 6.43. The van der Waals surface area contributed by atoms with Gasteiger partial charge in [-0.1, -0.05) is 42.5 Å². The summed E-state index contributed by atoms with van der Waals surface area (Å²) in [5.41, 5.74) is 2.21. The molecule has 0 saturated carbocycles. The first kappa shape index (κ1) is 15.2. The fraction of sp³-hybridized carbons (Fsp3) is 0.353. The highest BCUT2D eigenvalue weighted by Gasteiger charge is 2.18. The third-order valence-corrected chi connectivity index (χ3v) is 2.62. The Morgan fingerprint density at radius 1 is 1.11 bits per heavy atom. The van der Waals surface area contributed by atoms with E-state index in [0.29, 0.717) is 5.57 Å². The number of hydrogen-bond acceptors (Lipinski definition) is 2. The maximum Gasteiger partial charge on any atom is 0.334 e. The van der Waals surface area contributed by atoms with Crippen LogP contribution in [0, 0.1) is 0 Å². The molecule has 0 atom stereocenters. The van der Waals surface area contributed by atoms with Crippen LogP contribution in [0.15, 0.2) is 47.6 Å². The molecule has 0 heterocycles. The lowest BCUT2D eigenvalue weighted by Crippen LogP contribution is -2.24. The van der Waals surface area contributed by atoms with Crippen molar-refractivity contribution >= 4 is 12.0 Å². The number of carbonyl (C=O) groups is 1. The molecule has 102 valence electrons. The van der Waals surface area contributed by atoms with E-state index in [9.17, 15) is 4.79 Å². The van der Waals surface area contributed by atoms with Gasteiger partial charge in [-0.15, -0.1) is 0 Å². The third-order valence-electron chi connectivity index (χ3n) is 2.62. The SMILES string of the molecule is CC(C=Cc1ccccc1)=C(C)C(=O)OC(C)(C)C. The van der Waals surface area contributed by atoms with E-state index in [0.717, 1.165) is 11.1 Å². The Balaban J connectivity index is 2.80. The summed E-state index contributed by atoms with van der Waals surface area (Å²) in [7, 11) is 0. The van der Waals surface area contributed by atoms with E-state index >= 15 is 0 Å². The molecule has 0 spiro atoms. The van der Waals surface area contributed by atoms with Gasteiger partial charge in [0.1, 0.15) is 5.60 Å². The van der Waals surface area contributed by atoms with Gasteiger partial charge in [-0.05, 0) is 45.8 Å². The maximum absolute atomic E-state index is 11.9. The number of rotatable bonds is 3. The molecular weight excluding hydrogens is 236 g/mol. The predicted octanol–water partition coefficient (Wildman–Crippen LogP) is 4.38. The van der Waals surface area contributed by atoms with Gasteiger partial charge in [-0.3, -0.25) is 0 Å². The second-order valence-corrected chi connectivity index (χ2v) is 5.55. The van der Waals surface area contributed by atoms with Gasteiger partial charge in [0.15, 0.2) is 0 Å². The highest BCUT2D eigenvalue weighted by Crippen LogP contribution is 2.14. The van der Waals surface area contributed by atoms with E-state index in [1.165, 1.54) is 0 Å². The predicted molar refractivity (Wildman–Crippen MR) is 79.7 cm³/mol. The van der Waals surface area contributed by atoms with Crippen LogP contribution >= 0.6 is 0 Å². The normalized spacial score (nSPS) is 13.3. The standard InChI is InChI=1S/C17H22O2/c1-13(11-12-15-9-7-6-8-10-15)14(2)16(18)19-17(3,4)5/h6-12H,1-5H3. The second kappa shape index (κ2) is 6.37. The minimum absolute atomic E-state index is 0.261. The van der Waals surface area contributed by atoms with E-state index in [4.69, 9.17) is 4.74 Å². The molecule has 0 bridgehead atoms. The minimum Gasteiger partial charge on any atom is -0.457 e. The van der Waals surface area contributed by atoms with Crippen molar-refractivity contribution < 1.29 is 9.53 Å². The van der Waals surface area contributed by atoms with E-state index < -0.39 is 5.60 Å². The zero-order valence-electron chi connectivity index (χ0n) is 12.4. The largest absolute Gasteiger partial charge is 0.457 e. The molecular formula is C17H22O2. The van der Waals surface area contributed by atoms with Crippen LogP contribution in [0.3, 0.4) is 0 Å². The maximum atomic E-state index is 11.9. The summed E-state index contributed by atoms with van der Waals surface area (Å²) in [5, 5.41) is 0. The summed E-state index contributed by atoms with van der Waals surface area (Å²) in [4.78, 5) is 11.9. The molecule has 0 aliphatic heterocycles. The average molecular weight is 258 g/mol. The number of carbonyl (C=O) groups excluding carboxylic acids is 1. The molecule has 0 aromatic heterocycles. The van der Waals surface area contributed by atoms with Crippen molar-refractivity contribution in [2.45, 2.75) is 40.2 Å². The van der Waals surface area contributed by atoms with Crippen LogP contribution in [-0.4, -0.2) is 11.6 Å². The van der Waals surface area contributed by atoms with Crippen LogP contribution in [0.4, 0.5) is 0 Å². The fourth-order valence-electron chi connectivity index (χ4n) is 1.43. The Hall–Kier alpha value is -1.83. The molecule has 0 aliphatic carbocycles. The van der Waals surface area contributed by atoms with Crippen LogP contribution in [0.1, 0.15) is 40.2 Å². The van der Waals surface area contributed by atoms with Crippen molar-refractivity contribution in [2.24, 2.45) is 0 Å². The van der Waals surface area contributed by atoms with Gasteiger partial charge in [-0.2, -0.15) is 0 Å². The Bertz CT molecular complexity index is 488. The van der Waals surface area contributed by atoms with Crippen molar-refractivity contribution in [3.05, 3.63) is 53.1 Å². The molecule has 0 N–H and O–H groups in total. The zero-order valence-corrected chi connectivity index (χ0v) is 12.4. The lowest BCUT2D eigenvalue weighted by molar-refractivity contribution is -0.149. The van der Waals surface area contributed by atoms with Gasteiger partial charge < -0.3 is 4.74 Å². The van der Waals surface area contributed by atoms with Crippen LogP contribution in [0.2, 0.25) is 0 Å². The molecule has 0 radical (unpaired) electrons. The number of benzene rings is 1. The van der Waals surface area contributed by atoms with Crippen LogP contribution in [0.25, 0.3) is 6.08 Å². The van der Waals surface area contributed by atoms with Gasteiger partial charge in [0.2, 0.25) is 0 Å². The smallest absolute Gasteiger partial charge is 0.334 e. The molecule has 0 amide bonds. The zero-order chi connectivity index (χ0) is 14.5. The summed E-state index contributed by atoms with van der Waals surface area (Å²) in [6.45, 7) is 9.31.